The molecule has 0 bridgehead atoms. The van der Waals surface area contributed by atoms with E-state index in [1.165, 1.54) is 17.7 Å². The molecule has 4 heteroatoms. The summed E-state index contributed by atoms with van der Waals surface area (Å²) in [4.78, 5) is 4.42. The highest BCUT2D eigenvalue weighted by Crippen LogP contribution is 2.18. The predicted octanol–water partition coefficient (Wildman–Crippen LogP) is 4.31. The molecule has 0 radical (unpaired) electrons. The quantitative estimate of drug-likeness (QED) is 0.716. The third kappa shape index (κ3) is 5.35. The molecule has 2 nitrogen and oxygen atoms in total. The van der Waals surface area contributed by atoms with Crippen molar-refractivity contribution in [2.75, 3.05) is 13.1 Å². The smallest absolute Gasteiger partial charge is 0.0794 e. The molecule has 2 rings (SSSR count). The molecular weight excluding hydrogens is 332 g/mol. The zero-order valence-electron chi connectivity index (χ0n) is 11.8. The van der Waals surface area contributed by atoms with Crippen LogP contribution < -0.4 is 5.32 Å². The summed E-state index contributed by atoms with van der Waals surface area (Å²) in [5.74, 6) is 0.595. The highest BCUT2D eigenvalue weighted by molar-refractivity contribution is 9.10. The molecule has 0 saturated carbocycles. The molecule has 1 heterocycles. The van der Waals surface area contributed by atoms with Crippen LogP contribution in [-0.4, -0.2) is 18.1 Å². The van der Waals surface area contributed by atoms with Crippen LogP contribution in [0.5, 0.6) is 0 Å². The van der Waals surface area contributed by atoms with E-state index in [1.807, 2.05) is 5.51 Å². The van der Waals surface area contributed by atoms with Crippen LogP contribution in [-0.2, 0) is 12.8 Å². The standard InChI is InChI=1S/C16H21BrN2S/c1-2-6-18-10-14(9-16-11-20-12-19-16)7-13-4-3-5-15(17)8-13/h3-5,8,11-12,14,18H,2,6-7,9-10H2,1H3. The first-order chi connectivity index (χ1) is 9.78. The van der Waals surface area contributed by atoms with Gasteiger partial charge in [-0.15, -0.1) is 11.3 Å². The average molecular weight is 353 g/mol. The van der Waals surface area contributed by atoms with Crippen LogP contribution >= 0.6 is 27.3 Å². The lowest BCUT2D eigenvalue weighted by Gasteiger charge is -2.17. The van der Waals surface area contributed by atoms with Gasteiger partial charge in [0.25, 0.3) is 0 Å². The van der Waals surface area contributed by atoms with E-state index in [0.29, 0.717) is 5.92 Å². The summed E-state index contributed by atoms with van der Waals surface area (Å²) >= 11 is 5.23. The monoisotopic (exact) mass is 352 g/mol. The molecule has 1 N–H and O–H groups in total. The fraction of sp³-hybridized carbons (Fsp3) is 0.438. The lowest BCUT2D eigenvalue weighted by molar-refractivity contribution is 0.467. The van der Waals surface area contributed by atoms with E-state index in [9.17, 15) is 0 Å². The van der Waals surface area contributed by atoms with Crippen LogP contribution in [0, 0.1) is 5.92 Å². The molecule has 20 heavy (non-hydrogen) atoms. The first-order valence-corrected chi connectivity index (χ1v) is 8.83. The van der Waals surface area contributed by atoms with E-state index in [2.05, 4.69) is 62.8 Å². The number of aromatic nitrogens is 1. The van der Waals surface area contributed by atoms with Crippen molar-refractivity contribution >= 4 is 27.3 Å². The van der Waals surface area contributed by atoms with Crippen molar-refractivity contribution in [3.8, 4) is 0 Å². The van der Waals surface area contributed by atoms with Crippen LogP contribution in [0.3, 0.4) is 0 Å². The number of hydrogen-bond acceptors (Lipinski definition) is 3. The Balaban J connectivity index is 1.97. The van der Waals surface area contributed by atoms with Crippen molar-refractivity contribution in [3.05, 3.63) is 50.9 Å². The summed E-state index contributed by atoms with van der Waals surface area (Å²) in [5.41, 5.74) is 4.52. The molecule has 1 atom stereocenters. The number of nitrogens with one attached hydrogen (secondary N) is 1. The summed E-state index contributed by atoms with van der Waals surface area (Å²) in [5, 5.41) is 5.71. The topological polar surface area (TPSA) is 24.9 Å². The lowest BCUT2D eigenvalue weighted by atomic mass is 9.95. The number of thiazole rings is 1. The Bertz CT molecular complexity index is 499. The van der Waals surface area contributed by atoms with Gasteiger partial charge in [0.1, 0.15) is 0 Å². The Morgan fingerprint density at radius 1 is 1.35 bits per heavy atom. The number of hydrogen-bond donors (Lipinski definition) is 1. The summed E-state index contributed by atoms with van der Waals surface area (Å²) < 4.78 is 1.16. The van der Waals surface area contributed by atoms with Gasteiger partial charge < -0.3 is 5.32 Å². The first-order valence-electron chi connectivity index (χ1n) is 7.10. The summed E-state index contributed by atoms with van der Waals surface area (Å²) in [6.45, 7) is 4.35. The van der Waals surface area contributed by atoms with Gasteiger partial charge in [-0.1, -0.05) is 35.0 Å². The second-order valence-electron chi connectivity index (χ2n) is 5.09. The molecule has 1 aromatic heterocycles. The van der Waals surface area contributed by atoms with Gasteiger partial charge in [0.15, 0.2) is 0 Å². The molecular formula is C16H21BrN2S. The van der Waals surface area contributed by atoms with Gasteiger partial charge in [0.2, 0.25) is 0 Å². The highest BCUT2D eigenvalue weighted by Gasteiger charge is 2.12. The van der Waals surface area contributed by atoms with Crippen LogP contribution in [0.15, 0.2) is 39.6 Å². The number of nitrogens with zero attached hydrogens (tertiary/aromatic N) is 1. The summed E-state index contributed by atoms with van der Waals surface area (Å²) in [6, 6.07) is 8.61. The van der Waals surface area contributed by atoms with Crippen molar-refractivity contribution in [1.29, 1.82) is 0 Å². The normalized spacial score (nSPS) is 12.5. The molecule has 108 valence electrons. The largest absolute Gasteiger partial charge is 0.316 e. The first kappa shape index (κ1) is 15.7. The van der Waals surface area contributed by atoms with Crippen LogP contribution in [0.1, 0.15) is 24.6 Å². The third-order valence-corrected chi connectivity index (χ3v) is 4.38. The highest BCUT2D eigenvalue weighted by atomic mass is 79.9. The van der Waals surface area contributed by atoms with Gasteiger partial charge in [-0.05, 0) is 56.0 Å². The van der Waals surface area contributed by atoms with E-state index < -0.39 is 0 Å². The third-order valence-electron chi connectivity index (χ3n) is 3.25. The Labute approximate surface area is 133 Å². The molecule has 0 amide bonds. The second-order valence-corrected chi connectivity index (χ2v) is 6.72. The molecule has 1 aromatic carbocycles. The Morgan fingerprint density at radius 2 is 2.25 bits per heavy atom. The number of halogens is 1. The number of benzene rings is 1. The van der Waals surface area contributed by atoms with Crippen LogP contribution in [0.4, 0.5) is 0 Å². The van der Waals surface area contributed by atoms with E-state index >= 15 is 0 Å². The van der Waals surface area contributed by atoms with Crippen molar-refractivity contribution in [3.63, 3.8) is 0 Å². The summed E-state index contributed by atoms with van der Waals surface area (Å²) in [6.07, 6.45) is 3.32. The molecule has 0 spiro atoms. The zero-order chi connectivity index (χ0) is 14.2. The molecule has 1 unspecified atom stereocenters. The minimum Gasteiger partial charge on any atom is -0.316 e. The Hall–Kier alpha value is -0.710. The van der Waals surface area contributed by atoms with Crippen molar-refractivity contribution in [2.45, 2.75) is 26.2 Å². The molecule has 0 saturated heterocycles. The molecule has 2 aromatic rings. The van der Waals surface area contributed by atoms with E-state index in [4.69, 9.17) is 0 Å². The fourth-order valence-electron chi connectivity index (χ4n) is 2.33. The summed E-state index contributed by atoms with van der Waals surface area (Å²) in [7, 11) is 0. The maximum absolute atomic E-state index is 4.42. The maximum atomic E-state index is 4.42. The van der Waals surface area contributed by atoms with Crippen LogP contribution in [0.25, 0.3) is 0 Å². The number of rotatable bonds is 8. The average Bonchev–Trinajstić information content (AvgIpc) is 2.92. The minimum atomic E-state index is 0.595. The molecule has 0 aliphatic carbocycles. The molecule has 0 aliphatic rings. The van der Waals surface area contributed by atoms with E-state index in [1.54, 1.807) is 11.3 Å². The van der Waals surface area contributed by atoms with Crippen molar-refractivity contribution < 1.29 is 0 Å². The SMILES string of the molecule is CCCNCC(Cc1cccc(Br)c1)Cc1cscn1. The van der Waals surface area contributed by atoms with Gasteiger partial charge in [-0.3, -0.25) is 0 Å². The van der Waals surface area contributed by atoms with Gasteiger partial charge in [0.05, 0.1) is 11.2 Å². The minimum absolute atomic E-state index is 0.595. The lowest BCUT2D eigenvalue weighted by Crippen LogP contribution is -2.26. The van der Waals surface area contributed by atoms with E-state index in [0.717, 1.165) is 30.4 Å². The van der Waals surface area contributed by atoms with Gasteiger partial charge >= 0.3 is 0 Å². The van der Waals surface area contributed by atoms with Gasteiger partial charge in [-0.25, -0.2) is 4.98 Å². The van der Waals surface area contributed by atoms with Crippen molar-refractivity contribution in [2.24, 2.45) is 5.92 Å². The van der Waals surface area contributed by atoms with Gasteiger partial charge in [0, 0.05) is 9.85 Å². The van der Waals surface area contributed by atoms with E-state index in [-0.39, 0.29) is 0 Å². The maximum Gasteiger partial charge on any atom is 0.0794 e. The molecule has 0 aliphatic heterocycles. The van der Waals surface area contributed by atoms with Gasteiger partial charge in [-0.2, -0.15) is 0 Å². The Kier molecular flexibility index (Phi) is 6.70. The zero-order valence-corrected chi connectivity index (χ0v) is 14.2. The predicted molar refractivity (Wildman–Crippen MR) is 90.3 cm³/mol. The second kappa shape index (κ2) is 8.55. The van der Waals surface area contributed by atoms with Crippen molar-refractivity contribution in [1.82, 2.24) is 10.3 Å². The Morgan fingerprint density at radius 3 is 2.95 bits per heavy atom. The van der Waals surface area contributed by atoms with Crippen LogP contribution in [0.2, 0.25) is 0 Å². The fourth-order valence-corrected chi connectivity index (χ4v) is 3.35. The molecule has 0 fully saturated rings.